The lowest BCUT2D eigenvalue weighted by Crippen LogP contribution is -2.08. The molecule has 1 N–H and O–H groups in total. The Kier molecular flexibility index (Phi) is 11.7. The second kappa shape index (κ2) is 12.4. The van der Waals surface area contributed by atoms with Crippen LogP contribution in [0.3, 0.4) is 0 Å². The third-order valence-corrected chi connectivity index (χ3v) is 3.25. The van der Waals surface area contributed by atoms with Crippen molar-refractivity contribution < 1.29 is 9.90 Å². The van der Waals surface area contributed by atoms with Crippen molar-refractivity contribution in [3.05, 3.63) is 25.3 Å². The molecule has 104 valence electrons. The Morgan fingerprint density at radius 3 is 1.94 bits per heavy atom. The van der Waals surface area contributed by atoms with Crippen molar-refractivity contribution >= 4 is 5.97 Å². The number of allylic oxidation sites excluding steroid dienone is 2. The van der Waals surface area contributed by atoms with Gasteiger partial charge in [0.2, 0.25) is 0 Å². The largest absolute Gasteiger partial charge is 0.481 e. The first-order chi connectivity index (χ1) is 8.70. The summed E-state index contributed by atoms with van der Waals surface area (Å²) in [6.07, 6.45) is 14.2. The molecule has 0 aromatic heterocycles. The molecule has 0 amide bonds. The summed E-state index contributed by atoms with van der Waals surface area (Å²) >= 11 is 0. The Balaban J connectivity index is 3.72. The van der Waals surface area contributed by atoms with Gasteiger partial charge in [0.25, 0.3) is 0 Å². The van der Waals surface area contributed by atoms with Gasteiger partial charge in [-0.2, -0.15) is 0 Å². The van der Waals surface area contributed by atoms with E-state index in [1.807, 2.05) is 12.2 Å². The third-order valence-electron chi connectivity index (χ3n) is 3.25. The van der Waals surface area contributed by atoms with E-state index in [9.17, 15) is 4.79 Å². The third kappa shape index (κ3) is 11.4. The maximum Gasteiger partial charge on any atom is 0.303 e. The summed E-state index contributed by atoms with van der Waals surface area (Å²) in [4.78, 5) is 10.8. The SMILES string of the molecule is C=CCCCCCC(CCCCC=C)CC(=O)O. The zero-order chi connectivity index (χ0) is 13.6. The zero-order valence-corrected chi connectivity index (χ0v) is 11.6. The molecular weight excluding hydrogens is 224 g/mol. The fourth-order valence-corrected chi connectivity index (χ4v) is 2.22. The normalized spacial score (nSPS) is 12.0. The molecule has 0 aromatic rings. The molecule has 0 spiro atoms. The second-order valence-corrected chi connectivity index (χ2v) is 4.96. The Bertz CT molecular complexity index is 233. The van der Waals surface area contributed by atoms with Crippen LogP contribution in [0.15, 0.2) is 25.3 Å². The molecular formula is C16H28O2. The molecule has 0 aromatic carbocycles. The number of hydrogen-bond acceptors (Lipinski definition) is 1. The minimum atomic E-state index is -0.658. The number of hydrogen-bond donors (Lipinski definition) is 1. The number of aliphatic carboxylic acids is 1. The number of carboxylic acid groups (broad SMARTS) is 1. The van der Waals surface area contributed by atoms with Crippen molar-refractivity contribution in [2.75, 3.05) is 0 Å². The molecule has 0 saturated carbocycles. The van der Waals surface area contributed by atoms with Crippen LogP contribution in [0.5, 0.6) is 0 Å². The smallest absolute Gasteiger partial charge is 0.303 e. The van der Waals surface area contributed by atoms with Gasteiger partial charge in [0.15, 0.2) is 0 Å². The van der Waals surface area contributed by atoms with E-state index in [1.54, 1.807) is 0 Å². The van der Waals surface area contributed by atoms with Gasteiger partial charge in [0.1, 0.15) is 0 Å². The molecule has 2 heteroatoms. The molecule has 0 aliphatic rings. The minimum absolute atomic E-state index is 0.329. The van der Waals surface area contributed by atoms with Crippen LogP contribution in [0.2, 0.25) is 0 Å². The summed E-state index contributed by atoms with van der Waals surface area (Å²) in [6.45, 7) is 7.41. The Morgan fingerprint density at radius 1 is 0.944 bits per heavy atom. The summed E-state index contributed by atoms with van der Waals surface area (Å²) in [7, 11) is 0. The molecule has 0 aliphatic carbocycles. The average Bonchev–Trinajstić information content (AvgIpc) is 2.33. The van der Waals surface area contributed by atoms with Crippen molar-refractivity contribution in [2.24, 2.45) is 5.92 Å². The molecule has 2 nitrogen and oxygen atoms in total. The first-order valence-corrected chi connectivity index (χ1v) is 7.14. The number of unbranched alkanes of at least 4 members (excludes halogenated alkanes) is 5. The summed E-state index contributed by atoms with van der Waals surface area (Å²) in [5, 5.41) is 8.90. The molecule has 0 saturated heterocycles. The molecule has 0 heterocycles. The molecule has 0 rings (SSSR count). The monoisotopic (exact) mass is 252 g/mol. The van der Waals surface area contributed by atoms with Gasteiger partial charge in [-0.05, 0) is 44.4 Å². The summed E-state index contributed by atoms with van der Waals surface area (Å²) in [6, 6.07) is 0. The standard InChI is InChI=1S/C16H28O2/c1-3-5-7-9-11-13-15(14-16(17)18)12-10-8-6-4-2/h3-4,15H,1-2,5-14H2,(H,17,18). The van der Waals surface area contributed by atoms with Crippen molar-refractivity contribution in [3.8, 4) is 0 Å². The highest BCUT2D eigenvalue weighted by Gasteiger charge is 2.12. The number of carboxylic acids is 1. The summed E-state index contributed by atoms with van der Waals surface area (Å²) in [5.41, 5.74) is 0. The van der Waals surface area contributed by atoms with Gasteiger partial charge in [-0.15, -0.1) is 13.2 Å². The summed E-state index contributed by atoms with van der Waals surface area (Å²) in [5.74, 6) is -0.300. The van der Waals surface area contributed by atoms with E-state index in [4.69, 9.17) is 5.11 Å². The highest BCUT2D eigenvalue weighted by Crippen LogP contribution is 2.21. The Hall–Kier alpha value is -1.05. The topological polar surface area (TPSA) is 37.3 Å². The lowest BCUT2D eigenvalue weighted by molar-refractivity contribution is -0.138. The van der Waals surface area contributed by atoms with E-state index in [2.05, 4.69) is 13.2 Å². The van der Waals surface area contributed by atoms with E-state index in [1.165, 1.54) is 12.8 Å². The predicted molar refractivity (Wildman–Crippen MR) is 77.7 cm³/mol. The highest BCUT2D eigenvalue weighted by molar-refractivity contribution is 5.66. The van der Waals surface area contributed by atoms with Crippen LogP contribution in [0.4, 0.5) is 0 Å². The highest BCUT2D eigenvalue weighted by atomic mass is 16.4. The fourth-order valence-electron chi connectivity index (χ4n) is 2.22. The van der Waals surface area contributed by atoms with Crippen LogP contribution >= 0.6 is 0 Å². The first-order valence-electron chi connectivity index (χ1n) is 7.14. The van der Waals surface area contributed by atoms with Crippen molar-refractivity contribution in [3.63, 3.8) is 0 Å². The van der Waals surface area contributed by atoms with Gasteiger partial charge in [0.05, 0.1) is 0 Å². The second-order valence-electron chi connectivity index (χ2n) is 4.96. The lowest BCUT2D eigenvalue weighted by atomic mass is 9.92. The van der Waals surface area contributed by atoms with E-state index in [0.717, 1.165) is 44.9 Å². The average molecular weight is 252 g/mol. The van der Waals surface area contributed by atoms with Gasteiger partial charge >= 0.3 is 5.97 Å². The number of carbonyl (C=O) groups is 1. The van der Waals surface area contributed by atoms with Crippen molar-refractivity contribution in [1.29, 1.82) is 0 Å². The van der Waals surface area contributed by atoms with E-state index >= 15 is 0 Å². The first kappa shape index (κ1) is 16.9. The van der Waals surface area contributed by atoms with Crippen molar-refractivity contribution in [2.45, 2.75) is 64.2 Å². The maximum absolute atomic E-state index is 10.8. The fraction of sp³-hybridized carbons (Fsp3) is 0.688. The van der Waals surface area contributed by atoms with Gasteiger partial charge in [-0.3, -0.25) is 4.79 Å². The molecule has 0 bridgehead atoms. The van der Waals surface area contributed by atoms with Crippen LogP contribution in [-0.2, 0) is 4.79 Å². The van der Waals surface area contributed by atoms with Gasteiger partial charge in [-0.25, -0.2) is 0 Å². The molecule has 0 aliphatic heterocycles. The molecule has 1 unspecified atom stereocenters. The lowest BCUT2D eigenvalue weighted by Gasteiger charge is -2.14. The Morgan fingerprint density at radius 2 is 1.44 bits per heavy atom. The minimum Gasteiger partial charge on any atom is -0.481 e. The van der Waals surface area contributed by atoms with Crippen LogP contribution in [0, 0.1) is 5.92 Å². The van der Waals surface area contributed by atoms with Gasteiger partial charge < -0.3 is 5.11 Å². The molecule has 1 atom stereocenters. The van der Waals surface area contributed by atoms with Crippen LogP contribution in [0.25, 0.3) is 0 Å². The molecule has 18 heavy (non-hydrogen) atoms. The maximum atomic E-state index is 10.8. The van der Waals surface area contributed by atoms with E-state index < -0.39 is 5.97 Å². The van der Waals surface area contributed by atoms with Gasteiger partial charge in [-0.1, -0.05) is 31.4 Å². The molecule has 0 fully saturated rings. The quantitative estimate of drug-likeness (QED) is 0.371. The predicted octanol–water partition coefficient (Wildman–Crippen LogP) is 4.96. The van der Waals surface area contributed by atoms with Gasteiger partial charge in [0, 0.05) is 6.42 Å². The molecule has 0 radical (unpaired) electrons. The zero-order valence-electron chi connectivity index (χ0n) is 11.6. The van der Waals surface area contributed by atoms with Crippen molar-refractivity contribution in [1.82, 2.24) is 0 Å². The van der Waals surface area contributed by atoms with Crippen LogP contribution < -0.4 is 0 Å². The van der Waals surface area contributed by atoms with Crippen LogP contribution in [0.1, 0.15) is 64.2 Å². The van der Waals surface area contributed by atoms with E-state index in [-0.39, 0.29) is 0 Å². The van der Waals surface area contributed by atoms with E-state index in [0.29, 0.717) is 12.3 Å². The Labute approximate surface area is 112 Å². The summed E-state index contributed by atoms with van der Waals surface area (Å²) < 4.78 is 0. The number of rotatable bonds is 13. The van der Waals surface area contributed by atoms with Crippen LogP contribution in [-0.4, -0.2) is 11.1 Å².